The molecule has 0 spiro atoms. The predicted molar refractivity (Wildman–Crippen MR) is 39.1 cm³/mol. The summed E-state index contributed by atoms with van der Waals surface area (Å²) in [6, 6.07) is 0. The maximum absolute atomic E-state index is 5.82. The number of rotatable bonds is 0. The van der Waals surface area contributed by atoms with E-state index in [1.165, 1.54) is 0 Å². The Morgan fingerprint density at radius 2 is 2.11 bits per heavy atom. The summed E-state index contributed by atoms with van der Waals surface area (Å²) in [6.07, 6.45) is 1.79. The van der Waals surface area contributed by atoms with Gasteiger partial charge in [0.25, 0.3) is 0 Å². The molecule has 0 saturated heterocycles. The van der Waals surface area contributed by atoms with Crippen molar-refractivity contribution in [3.63, 3.8) is 0 Å². The lowest BCUT2D eigenvalue weighted by Crippen LogP contribution is -2.28. The summed E-state index contributed by atoms with van der Waals surface area (Å²) in [6.45, 7) is 0. The van der Waals surface area contributed by atoms with Crippen LogP contribution in [0.15, 0.2) is 11.4 Å². The zero-order chi connectivity index (χ0) is 7.02. The van der Waals surface area contributed by atoms with E-state index in [4.69, 9.17) is 23.2 Å². The van der Waals surface area contributed by atoms with Crippen molar-refractivity contribution in [1.82, 2.24) is 9.80 Å². The van der Waals surface area contributed by atoms with Gasteiger partial charge in [0.05, 0.1) is 0 Å². The van der Waals surface area contributed by atoms with Gasteiger partial charge in [-0.15, -0.1) is 0 Å². The van der Waals surface area contributed by atoms with Gasteiger partial charge < -0.3 is 9.80 Å². The third-order valence-electron chi connectivity index (χ3n) is 1.30. The van der Waals surface area contributed by atoms with Gasteiger partial charge in [-0.1, -0.05) is 23.2 Å². The highest BCUT2D eigenvalue weighted by Crippen LogP contribution is 2.23. The second-order valence-electron chi connectivity index (χ2n) is 2.04. The van der Waals surface area contributed by atoms with Gasteiger partial charge in [-0.25, -0.2) is 0 Å². The van der Waals surface area contributed by atoms with E-state index in [0.29, 0.717) is 5.16 Å². The SMILES string of the molecule is CN1C=C(Cl)N(C)C1Cl. The Kier molecular flexibility index (Phi) is 1.78. The van der Waals surface area contributed by atoms with E-state index in [1.54, 1.807) is 11.1 Å². The van der Waals surface area contributed by atoms with E-state index in [1.807, 2.05) is 19.0 Å². The van der Waals surface area contributed by atoms with E-state index in [0.717, 1.165) is 0 Å². The minimum absolute atomic E-state index is 0.127. The molecule has 0 saturated carbocycles. The van der Waals surface area contributed by atoms with Gasteiger partial charge in [0.2, 0.25) is 0 Å². The number of nitrogens with zero attached hydrogens (tertiary/aromatic N) is 2. The molecule has 1 atom stereocenters. The van der Waals surface area contributed by atoms with Gasteiger partial charge in [0, 0.05) is 20.3 Å². The summed E-state index contributed by atoms with van der Waals surface area (Å²) in [5.74, 6) is 0. The van der Waals surface area contributed by atoms with Crippen molar-refractivity contribution in [3.05, 3.63) is 11.4 Å². The van der Waals surface area contributed by atoms with Crippen LogP contribution in [-0.4, -0.2) is 29.5 Å². The Bertz CT molecular complexity index is 146. The molecule has 0 N–H and O–H groups in total. The monoisotopic (exact) mass is 166 g/mol. The van der Waals surface area contributed by atoms with Crippen LogP contribution in [0.2, 0.25) is 0 Å². The third-order valence-corrected chi connectivity index (χ3v) is 2.27. The molecule has 0 radical (unpaired) electrons. The largest absolute Gasteiger partial charge is 0.345 e. The first-order chi connectivity index (χ1) is 4.13. The van der Waals surface area contributed by atoms with Crippen LogP contribution in [0, 0.1) is 0 Å². The molecule has 0 bridgehead atoms. The van der Waals surface area contributed by atoms with Gasteiger partial charge in [0.15, 0.2) is 5.62 Å². The molecule has 52 valence electrons. The predicted octanol–water partition coefficient (Wildman–Crippen LogP) is 1.42. The van der Waals surface area contributed by atoms with Crippen molar-refractivity contribution >= 4 is 23.2 Å². The molecule has 2 nitrogen and oxygen atoms in total. The fourth-order valence-corrected chi connectivity index (χ4v) is 1.15. The molecule has 1 aliphatic heterocycles. The second-order valence-corrected chi connectivity index (χ2v) is 2.82. The average molecular weight is 167 g/mol. The zero-order valence-electron chi connectivity index (χ0n) is 5.31. The normalized spacial score (nSPS) is 27.1. The Labute approximate surface area is 64.6 Å². The van der Waals surface area contributed by atoms with Gasteiger partial charge in [-0.2, -0.15) is 0 Å². The molecule has 0 amide bonds. The van der Waals surface area contributed by atoms with Crippen LogP contribution in [0.3, 0.4) is 0 Å². The molecule has 1 unspecified atom stereocenters. The summed E-state index contributed by atoms with van der Waals surface area (Å²) in [7, 11) is 3.73. The molecule has 1 heterocycles. The van der Waals surface area contributed by atoms with Crippen molar-refractivity contribution in [3.8, 4) is 0 Å². The first-order valence-corrected chi connectivity index (χ1v) is 3.40. The number of hydrogen-bond acceptors (Lipinski definition) is 2. The van der Waals surface area contributed by atoms with Crippen molar-refractivity contribution in [2.24, 2.45) is 0 Å². The molecule has 9 heavy (non-hydrogen) atoms. The fourth-order valence-electron chi connectivity index (χ4n) is 0.696. The van der Waals surface area contributed by atoms with Crippen molar-refractivity contribution in [2.45, 2.75) is 5.62 Å². The van der Waals surface area contributed by atoms with Crippen molar-refractivity contribution < 1.29 is 0 Å². The van der Waals surface area contributed by atoms with Crippen LogP contribution < -0.4 is 0 Å². The van der Waals surface area contributed by atoms with Gasteiger partial charge >= 0.3 is 0 Å². The Morgan fingerprint density at radius 3 is 2.22 bits per heavy atom. The highest BCUT2D eigenvalue weighted by Gasteiger charge is 2.22. The summed E-state index contributed by atoms with van der Waals surface area (Å²) < 4.78 is 0. The standard InChI is InChI=1S/C5H8Cl2N2/c1-8-3-4(6)9(2)5(8)7/h3,5H,1-2H3. The van der Waals surface area contributed by atoms with E-state index >= 15 is 0 Å². The summed E-state index contributed by atoms with van der Waals surface area (Å²) in [5, 5.41) is 0.678. The van der Waals surface area contributed by atoms with Crippen molar-refractivity contribution in [2.75, 3.05) is 14.1 Å². The first-order valence-electron chi connectivity index (χ1n) is 2.59. The lowest BCUT2D eigenvalue weighted by molar-refractivity contribution is 0.290. The van der Waals surface area contributed by atoms with Gasteiger partial charge in [-0.05, 0) is 0 Å². The van der Waals surface area contributed by atoms with Crippen LogP contribution >= 0.6 is 23.2 Å². The minimum atomic E-state index is -0.127. The minimum Gasteiger partial charge on any atom is -0.345 e. The number of hydrogen-bond donors (Lipinski definition) is 0. The summed E-state index contributed by atoms with van der Waals surface area (Å²) in [5.41, 5.74) is -0.127. The van der Waals surface area contributed by atoms with E-state index in [-0.39, 0.29) is 5.62 Å². The van der Waals surface area contributed by atoms with Crippen LogP contribution in [0.25, 0.3) is 0 Å². The molecule has 1 aliphatic rings. The van der Waals surface area contributed by atoms with Gasteiger partial charge in [0.1, 0.15) is 5.16 Å². The summed E-state index contributed by atoms with van der Waals surface area (Å²) >= 11 is 11.5. The third kappa shape index (κ3) is 1.10. The smallest absolute Gasteiger partial charge is 0.180 e. The highest BCUT2D eigenvalue weighted by atomic mass is 35.5. The number of halogens is 2. The van der Waals surface area contributed by atoms with Gasteiger partial charge in [-0.3, -0.25) is 0 Å². The van der Waals surface area contributed by atoms with Crippen LogP contribution in [-0.2, 0) is 0 Å². The summed E-state index contributed by atoms with van der Waals surface area (Å²) in [4.78, 5) is 3.62. The van der Waals surface area contributed by atoms with Crippen molar-refractivity contribution in [1.29, 1.82) is 0 Å². The quantitative estimate of drug-likeness (QED) is 0.397. The number of alkyl halides is 1. The lowest BCUT2D eigenvalue weighted by atomic mass is 10.8. The highest BCUT2D eigenvalue weighted by molar-refractivity contribution is 6.30. The topological polar surface area (TPSA) is 6.48 Å². The molecule has 0 aromatic carbocycles. The molecule has 0 fully saturated rings. The Hall–Kier alpha value is -0.0800. The van der Waals surface area contributed by atoms with E-state index in [2.05, 4.69) is 0 Å². The molecule has 0 aromatic rings. The van der Waals surface area contributed by atoms with E-state index < -0.39 is 0 Å². The average Bonchev–Trinajstić information content (AvgIpc) is 1.98. The maximum atomic E-state index is 5.82. The Balaban J connectivity index is 2.70. The van der Waals surface area contributed by atoms with E-state index in [9.17, 15) is 0 Å². The molecular weight excluding hydrogens is 159 g/mol. The Morgan fingerprint density at radius 1 is 1.56 bits per heavy atom. The van der Waals surface area contributed by atoms with Crippen LogP contribution in [0.5, 0.6) is 0 Å². The molecule has 4 heteroatoms. The lowest BCUT2D eigenvalue weighted by Gasteiger charge is -2.20. The second kappa shape index (κ2) is 2.27. The molecule has 0 aliphatic carbocycles. The molecular formula is C5H8Cl2N2. The molecule has 0 aromatic heterocycles. The zero-order valence-corrected chi connectivity index (χ0v) is 6.82. The molecule has 1 rings (SSSR count). The fraction of sp³-hybridized carbons (Fsp3) is 0.600. The van der Waals surface area contributed by atoms with Crippen LogP contribution in [0.1, 0.15) is 0 Å². The maximum Gasteiger partial charge on any atom is 0.180 e. The first kappa shape index (κ1) is 7.03. The van der Waals surface area contributed by atoms with Crippen LogP contribution in [0.4, 0.5) is 0 Å².